The van der Waals surface area contributed by atoms with Crippen LogP contribution in [0.2, 0.25) is 0 Å². The van der Waals surface area contributed by atoms with Crippen molar-refractivity contribution < 1.29 is 65.4 Å². The molecule has 3 aliphatic rings. The third kappa shape index (κ3) is 11.8. The second kappa shape index (κ2) is 20.7. The van der Waals surface area contributed by atoms with Gasteiger partial charge in [-0.1, -0.05) is 6.07 Å². The Bertz CT molecular complexity index is 2340. The topological polar surface area (TPSA) is 191 Å². The molecule has 1 N–H and O–H groups in total. The van der Waals surface area contributed by atoms with E-state index in [1.165, 1.54) is 60.6 Å². The first kappa shape index (κ1) is 51.4. The van der Waals surface area contributed by atoms with Crippen molar-refractivity contribution in [1.29, 1.82) is 0 Å². The SMILES string of the molecule is CC(=O)N1CC[C@H]2CC[C@@H](C(=O)N(C)c3ccc(N4CCOCC4)cc3)N2C(=O)C(CNC(=O)c2cc3cc(C(F)(F)P(=O)(OCOC(=O)C(C)(C)C)OCOC(=O)C(C)(C)C)ccc3s2)C1. The number of fused-ring (bicyclic) bond motifs is 2. The molecule has 0 bridgehead atoms. The summed E-state index contributed by atoms with van der Waals surface area (Å²) in [5.74, 6) is -4.05. The predicted molar refractivity (Wildman–Crippen MR) is 246 cm³/mol. The first-order valence-electron chi connectivity index (χ1n) is 22.1. The molecule has 3 aliphatic heterocycles. The molecule has 1 aromatic heterocycles. The number of ether oxygens (including phenoxy) is 3. The van der Waals surface area contributed by atoms with Crippen molar-refractivity contribution in [3.05, 3.63) is 59.0 Å². The number of rotatable bonds is 14. The molecular weight excluding hydrogens is 916 g/mol. The van der Waals surface area contributed by atoms with Crippen LogP contribution >= 0.6 is 18.9 Å². The number of hydrogen-bond acceptors (Lipinski definition) is 14. The van der Waals surface area contributed by atoms with Gasteiger partial charge in [0.2, 0.25) is 31.3 Å². The maximum atomic E-state index is 16.3. The van der Waals surface area contributed by atoms with Gasteiger partial charge in [0.05, 0.1) is 34.8 Å². The lowest BCUT2D eigenvalue weighted by Crippen LogP contribution is -2.56. The monoisotopic (exact) mass is 975 g/mol. The fourth-order valence-corrected chi connectivity index (χ4v) is 10.1. The van der Waals surface area contributed by atoms with Gasteiger partial charge < -0.3 is 39.1 Å². The number of halogens is 2. The Morgan fingerprint density at radius 2 is 1.48 bits per heavy atom. The molecule has 3 saturated heterocycles. The molecule has 1 unspecified atom stereocenters. The van der Waals surface area contributed by atoms with Crippen molar-refractivity contribution in [1.82, 2.24) is 15.1 Å². The molecular formula is C46H60F2N5O12PS. The van der Waals surface area contributed by atoms with Gasteiger partial charge in [0.25, 0.3) is 5.91 Å². The van der Waals surface area contributed by atoms with E-state index in [1.807, 2.05) is 24.3 Å². The minimum absolute atomic E-state index is 0.00269. The number of hydrogen-bond donors (Lipinski definition) is 1. The van der Waals surface area contributed by atoms with E-state index in [1.54, 1.807) is 21.7 Å². The third-order valence-corrected chi connectivity index (χ3v) is 14.9. The fraction of sp³-hybridized carbons (Fsp3) is 0.565. The molecule has 4 amide bonds. The van der Waals surface area contributed by atoms with Crippen LogP contribution in [-0.4, -0.2) is 124 Å². The summed E-state index contributed by atoms with van der Waals surface area (Å²) in [6.07, 6.45) is 1.47. The number of thiophene rings is 1. The molecule has 21 heteroatoms. The minimum atomic E-state index is -5.61. The maximum Gasteiger partial charge on any atom is 0.410 e. The highest BCUT2D eigenvalue weighted by Gasteiger charge is 2.56. The van der Waals surface area contributed by atoms with Gasteiger partial charge in [-0.2, -0.15) is 8.78 Å². The molecule has 0 spiro atoms. The molecule has 6 rings (SSSR count). The smallest absolute Gasteiger partial charge is 0.410 e. The first-order chi connectivity index (χ1) is 31.4. The van der Waals surface area contributed by atoms with Crippen LogP contribution in [0.3, 0.4) is 0 Å². The predicted octanol–water partition coefficient (Wildman–Crippen LogP) is 6.73. The van der Waals surface area contributed by atoms with Crippen LogP contribution in [0.5, 0.6) is 0 Å². The molecule has 2 aromatic carbocycles. The standard InChI is InChI=1S/C46H60F2N5O12PS/c1-29(54)52-18-17-35-14-15-36(41(57)50(8)33-10-12-34(13-11-33)51-19-21-61-22-20-51)53(35)40(56)31(26-52)25-49-39(55)38-24-30-23-32(9-16-37(30)67-38)46(47,48)66(60,64-27-62-42(58)44(2,3)4)65-28-63-43(59)45(5,6)7/h9-13,16,23-24,31,35-36H,14-15,17-22,25-28H2,1-8H3,(H,49,55)/t31?,35-,36+/m1/s1. The highest BCUT2D eigenvalue weighted by Crippen LogP contribution is 2.67. The number of esters is 2. The van der Waals surface area contributed by atoms with Crippen molar-refractivity contribution in [2.45, 2.75) is 85.5 Å². The lowest BCUT2D eigenvalue weighted by molar-refractivity contribution is -0.163. The van der Waals surface area contributed by atoms with E-state index in [4.69, 9.17) is 23.3 Å². The number of anilines is 2. The highest BCUT2D eigenvalue weighted by atomic mass is 32.1. The number of morpholine rings is 1. The van der Waals surface area contributed by atoms with Crippen molar-refractivity contribution in [2.75, 3.05) is 76.4 Å². The summed E-state index contributed by atoms with van der Waals surface area (Å²) >= 11 is 0.979. The molecule has 0 saturated carbocycles. The highest BCUT2D eigenvalue weighted by molar-refractivity contribution is 7.54. The molecule has 17 nitrogen and oxygen atoms in total. The van der Waals surface area contributed by atoms with Gasteiger partial charge in [-0.3, -0.25) is 42.4 Å². The number of alkyl halides is 2. The fourth-order valence-electron chi connectivity index (χ4n) is 7.93. The zero-order valence-corrected chi connectivity index (χ0v) is 40.8. The number of carbonyl (C=O) groups is 6. The second-order valence-electron chi connectivity index (χ2n) is 18.9. The molecule has 0 aliphatic carbocycles. The van der Waals surface area contributed by atoms with Gasteiger partial charge in [-0.25, -0.2) is 0 Å². The second-order valence-corrected chi connectivity index (χ2v) is 22.1. The van der Waals surface area contributed by atoms with Gasteiger partial charge in [0.15, 0.2) is 0 Å². The van der Waals surface area contributed by atoms with E-state index in [9.17, 15) is 33.3 Å². The van der Waals surface area contributed by atoms with Crippen molar-refractivity contribution in [3.63, 3.8) is 0 Å². The summed E-state index contributed by atoms with van der Waals surface area (Å²) in [5, 5.41) is 2.96. The van der Waals surface area contributed by atoms with Crippen LogP contribution < -0.4 is 15.1 Å². The molecule has 3 aromatic rings. The molecule has 3 atom stereocenters. The Hall–Kier alpha value is -5.01. The number of carbonyl (C=O) groups excluding carboxylic acids is 6. The van der Waals surface area contributed by atoms with E-state index >= 15 is 8.78 Å². The van der Waals surface area contributed by atoms with Crippen molar-refractivity contribution in [2.24, 2.45) is 16.7 Å². The summed E-state index contributed by atoms with van der Waals surface area (Å²) in [4.78, 5) is 86.9. The molecule has 67 heavy (non-hydrogen) atoms. The van der Waals surface area contributed by atoms with Crippen LogP contribution in [-0.2, 0) is 57.5 Å². The number of likely N-dealkylation sites (N-methyl/N-ethyl adjacent to an activating group) is 1. The summed E-state index contributed by atoms with van der Waals surface area (Å²) in [6.45, 7) is 11.2. The Labute approximate surface area is 392 Å². The number of nitrogens with one attached hydrogen (secondary N) is 1. The van der Waals surface area contributed by atoms with Gasteiger partial charge >= 0.3 is 25.2 Å². The van der Waals surface area contributed by atoms with Gasteiger partial charge in [0, 0.05) is 74.4 Å². The normalized spacial score (nSPS) is 19.6. The van der Waals surface area contributed by atoms with Crippen LogP contribution in [0.4, 0.5) is 20.2 Å². The zero-order valence-electron chi connectivity index (χ0n) is 39.1. The summed E-state index contributed by atoms with van der Waals surface area (Å²) < 4.78 is 72.3. The number of amides is 4. The van der Waals surface area contributed by atoms with Gasteiger partial charge in [0.1, 0.15) is 6.04 Å². The lowest BCUT2D eigenvalue weighted by atomic mass is 9.98. The van der Waals surface area contributed by atoms with E-state index in [0.29, 0.717) is 49.4 Å². The van der Waals surface area contributed by atoms with E-state index < -0.39 is 73.0 Å². The zero-order chi connectivity index (χ0) is 49.1. The Morgan fingerprint density at radius 3 is 2.06 bits per heavy atom. The van der Waals surface area contributed by atoms with Gasteiger partial charge in [-0.05, 0) is 109 Å². The summed E-state index contributed by atoms with van der Waals surface area (Å²) in [7, 11) is -3.93. The summed E-state index contributed by atoms with van der Waals surface area (Å²) in [5.41, 5.74) is -5.61. The Morgan fingerprint density at radius 1 is 0.866 bits per heavy atom. The summed E-state index contributed by atoms with van der Waals surface area (Å²) in [6, 6.07) is 11.2. The quantitative estimate of drug-likeness (QED) is 0.102. The van der Waals surface area contributed by atoms with Crippen LogP contribution in [0, 0.1) is 16.7 Å². The lowest BCUT2D eigenvalue weighted by Gasteiger charge is -2.39. The molecule has 366 valence electrons. The first-order valence-corrected chi connectivity index (χ1v) is 24.5. The largest absolute Gasteiger partial charge is 0.438 e. The van der Waals surface area contributed by atoms with Crippen molar-refractivity contribution in [3.8, 4) is 0 Å². The maximum absolute atomic E-state index is 16.3. The van der Waals surface area contributed by atoms with E-state index in [-0.39, 0.29) is 47.1 Å². The molecule has 4 heterocycles. The third-order valence-electron chi connectivity index (χ3n) is 11.9. The average molecular weight is 976 g/mol. The Kier molecular flexibility index (Phi) is 15.9. The van der Waals surface area contributed by atoms with Crippen LogP contribution in [0.1, 0.15) is 83.0 Å². The van der Waals surface area contributed by atoms with E-state index in [2.05, 4.69) is 10.2 Å². The van der Waals surface area contributed by atoms with E-state index in [0.717, 1.165) is 42.2 Å². The van der Waals surface area contributed by atoms with Gasteiger partial charge in [-0.15, -0.1) is 11.3 Å². The number of nitrogens with zero attached hydrogens (tertiary/aromatic N) is 4. The minimum Gasteiger partial charge on any atom is -0.438 e. The molecule has 3 fully saturated rings. The Balaban J connectivity index is 1.17. The van der Waals surface area contributed by atoms with Crippen LogP contribution in [0.15, 0.2) is 48.5 Å². The average Bonchev–Trinajstić information content (AvgIpc) is 3.91. The van der Waals surface area contributed by atoms with Crippen LogP contribution in [0.25, 0.3) is 10.1 Å². The van der Waals surface area contributed by atoms with Crippen molar-refractivity contribution >= 4 is 76.0 Å². The molecule has 0 radical (unpaired) electrons. The number of benzene rings is 2.